The van der Waals surface area contributed by atoms with Gasteiger partial charge in [-0.05, 0) is 24.3 Å². The average Bonchev–Trinajstić information content (AvgIpc) is 2.63. The molecule has 0 bridgehead atoms. The minimum absolute atomic E-state index is 0. The molecule has 1 aromatic carbocycles. The minimum atomic E-state index is 0. The van der Waals surface area contributed by atoms with Gasteiger partial charge in [-0.2, -0.15) is 0 Å². The van der Waals surface area contributed by atoms with E-state index in [2.05, 4.69) is 51.8 Å². The molecule has 5 nitrogen and oxygen atoms in total. The van der Waals surface area contributed by atoms with Crippen molar-refractivity contribution in [3.8, 4) is 5.75 Å². The molecule has 0 aliphatic heterocycles. The second-order valence-electron chi connectivity index (χ2n) is 5.16. The van der Waals surface area contributed by atoms with E-state index in [0.29, 0.717) is 18.4 Å². The molecule has 2 aromatic rings. The lowest BCUT2D eigenvalue weighted by atomic mass is 10.4. The molecule has 0 aliphatic rings. The van der Waals surface area contributed by atoms with Gasteiger partial charge in [0.25, 0.3) is 0 Å². The first-order valence-corrected chi connectivity index (χ1v) is 8.85. The van der Waals surface area contributed by atoms with Crippen LogP contribution in [0.1, 0.15) is 6.92 Å². The Morgan fingerprint density at radius 1 is 1.20 bits per heavy atom. The highest BCUT2D eigenvalue weighted by Gasteiger charge is 2.05. The van der Waals surface area contributed by atoms with Crippen molar-refractivity contribution in [3.05, 3.63) is 54.9 Å². The third-order valence-corrected chi connectivity index (χ3v) is 4.27. The molecule has 25 heavy (non-hydrogen) atoms. The highest BCUT2D eigenvalue weighted by Crippen LogP contribution is 2.21. The van der Waals surface area contributed by atoms with Crippen LogP contribution in [-0.4, -0.2) is 42.9 Å². The summed E-state index contributed by atoms with van der Waals surface area (Å²) in [6.07, 6.45) is 3.43. The van der Waals surface area contributed by atoms with Crippen molar-refractivity contribution >= 4 is 41.7 Å². The Morgan fingerprint density at radius 3 is 2.68 bits per heavy atom. The summed E-state index contributed by atoms with van der Waals surface area (Å²) in [5.41, 5.74) is 0. The van der Waals surface area contributed by atoms with Gasteiger partial charge in [0.15, 0.2) is 5.96 Å². The Labute approximate surface area is 171 Å². The Kier molecular flexibility index (Phi) is 11.1. The average molecular weight is 472 g/mol. The number of aliphatic imine (C=N–C) groups is 1. The molecule has 0 amide bonds. The van der Waals surface area contributed by atoms with E-state index in [-0.39, 0.29) is 24.0 Å². The molecule has 136 valence electrons. The van der Waals surface area contributed by atoms with Crippen LogP contribution in [0.15, 0.2) is 64.7 Å². The number of benzene rings is 1. The number of nitrogens with one attached hydrogen (secondary N) is 2. The quantitative estimate of drug-likeness (QED) is 0.203. The molecule has 1 unspecified atom stereocenters. The summed E-state index contributed by atoms with van der Waals surface area (Å²) in [6.45, 7) is 4.27. The van der Waals surface area contributed by atoms with Crippen molar-refractivity contribution in [2.45, 2.75) is 17.1 Å². The standard InChI is InChI=1S/C18H24N4OS.HI/c1-15(24-17-8-4-3-5-9-17)13-22-18(19-2)21-11-12-23-16-7-6-10-20-14-16;/h3-10,14-15H,11-13H2,1-2H3,(H2,19,21,22);1H. The summed E-state index contributed by atoms with van der Waals surface area (Å²) in [5.74, 6) is 1.56. The molecule has 2 rings (SSSR count). The molecule has 0 fully saturated rings. The minimum Gasteiger partial charge on any atom is -0.490 e. The van der Waals surface area contributed by atoms with Gasteiger partial charge in [0.05, 0.1) is 12.7 Å². The lowest BCUT2D eigenvalue weighted by Gasteiger charge is -2.16. The summed E-state index contributed by atoms with van der Waals surface area (Å²) in [6, 6.07) is 14.2. The van der Waals surface area contributed by atoms with E-state index in [4.69, 9.17) is 4.74 Å². The van der Waals surface area contributed by atoms with Crippen LogP contribution < -0.4 is 15.4 Å². The van der Waals surface area contributed by atoms with Crippen molar-refractivity contribution in [2.75, 3.05) is 26.7 Å². The first kappa shape index (κ1) is 21.6. The number of thioether (sulfide) groups is 1. The number of halogens is 1. The third-order valence-electron chi connectivity index (χ3n) is 3.16. The van der Waals surface area contributed by atoms with Crippen molar-refractivity contribution < 1.29 is 4.74 Å². The molecule has 1 atom stereocenters. The predicted molar refractivity (Wildman–Crippen MR) is 116 cm³/mol. The van der Waals surface area contributed by atoms with Gasteiger partial charge in [0.1, 0.15) is 12.4 Å². The maximum Gasteiger partial charge on any atom is 0.191 e. The van der Waals surface area contributed by atoms with E-state index in [0.717, 1.165) is 18.3 Å². The zero-order valence-corrected chi connectivity index (χ0v) is 17.7. The van der Waals surface area contributed by atoms with Gasteiger partial charge in [0, 0.05) is 29.9 Å². The number of hydrogen-bond donors (Lipinski definition) is 2. The van der Waals surface area contributed by atoms with Gasteiger partial charge in [-0.25, -0.2) is 0 Å². The number of rotatable bonds is 8. The fourth-order valence-electron chi connectivity index (χ4n) is 2.00. The number of ether oxygens (including phenoxy) is 1. The maximum atomic E-state index is 5.59. The Bertz CT molecular complexity index is 613. The Balaban J connectivity index is 0.00000312. The van der Waals surface area contributed by atoms with Gasteiger partial charge in [-0.3, -0.25) is 9.98 Å². The van der Waals surface area contributed by atoms with Gasteiger partial charge in [0.2, 0.25) is 0 Å². The lowest BCUT2D eigenvalue weighted by molar-refractivity contribution is 0.320. The van der Waals surface area contributed by atoms with Gasteiger partial charge in [-0.1, -0.05) is 25.1 Å². The molecule has 1 aromatic heterocycles. The Hall–Kier alpha value is -1.48. The molecule has 0 saturated carbocycles. The number of nitrogens with zero attached hydrogens (tertiary/aromatic N) is 2. The van der Waals surface area contributed by atoms with Crippen LogP contribution >= 0.6 is 35.7 Å². The fraction of sp³-hybridized carbons (Fsp3) is 0.333. The predicted octanol–water partition coefficient (Wildman–Crippen LogP) is 3.42. The van der Waals surface area contributed by atoms with Crippen LogP contribution in [-0.2, 0) is 0 Å². The molecule has 0 aliphatic carbocycles. The van der Waals surface area contributed by atoms with Crippen LogP contribution in [0.25, 0.3) is 0 Å². The molecular formula is C18H25IN4OS. The number of hydrogen-bond acceptors (Lipinski definition) is 4. The number of aromatic nitrogens is 1. The molecular weight excluding hydrogens is 447 g/mol. The molecule has 0 spiro atoms. The number of pyridine rings is 1. The van der Waals surface area contributed by atoms with Crippen LogP contribution in [0.2, 0.25) is 0 Å². The molecule has 0 saturated heterocycles. The summed E-state index contributed by atoms with van der Waals surface area (Å²) < 4.78 is 5.59. The maximum absolute atomic E-state index is 5.59. The van der Waals surface area contributed by atoms with Crippen molar-refractivity contribution in [1.82, 2.24) is 15.6 Å². The van der Waals surface area contributed by atoms with Crippen LogP contribution in [0, 0.1) is 0 Å². The first-order chi connectivity index (χ1) is 11.8. The lowest BCUT2D eigenvalue weighted by Crippen LogP contribution is -2.41. The molecule has 2 N–H and O–H groups in total. The van der Waals surface area contributed by atoms with Crippen LogP contribution in [0.5, 0.6) is 5.75 Å². The number of guanidine groups is 1. The summed E-state index contributed by atoms with van der Waals surface area (Å²) in [7, 11) is 1.77. The monoisotopic (exact) mass is 472 g/mol. The van der Waals surface area contributed by atoms with Gasteiger partial charge >= 0.3 is 0 Å². The smallest absolute Gasteiger partial charge is 0.191 e. The fourth-order valence-corrected chi connectivity index (χ4v) is 2.95. The van der Waals surface area contributed by atoms with Crippen molar-refractivity contribution in [3.63, 3.8) is 0 Å². The zero-order chi connectivity index (χ0) is 17.0. The topological polar surface area (TPSA) is 58.5 Å². The summed E-state index contributed by atoms with van der Waals surface area (Å²) in [4.78, 5) is 9.52. The normalized spacial score (nSPS) is 12.0. The molecule has 7 heteroatoms. The highest BCUT2D eigenvalue weighted by atomic mass is 127. The van der Waals surface area contributed by atoms with E-state index in [1.807, 2.05) is 30.0 Å². The van der Waals surface area contributed by atoms with Gasteiger partial charge < -0.3 is 15.4 Å². The SMILES string of the molecule is CN=C(NCCOc1cccnc1)NCC(C)Sc1ccccc1.I. The van der Waals surface area contributed by atoms with E-state index < -0.39 is 0 Å². The zero-order valence-electron chi connectivity index (χ0n) is 14.5. The van der Waals surface area contributed by atoms with Crippen LogP contribution in [0.3, 0.4) is 0 Å². The summed E-state index contributed by atoms with van der Waals surface area (Å²) >= 11 is 1.84. The van der Waals surface area contributed by atoms with E-state index >= 15 is 0 Å². The van der Waals surface area contributed by atoms with Crippen molar-refractivity contribution in [1.29, 1.82) is 0 Å². The van der Waals surface area contributed by atoms with Crippen LogP contribution in [0.4, 0.5) is 0 Å². The second-order valence-corrected chi connectivity index (χ2v) is 6.67. The highest BCUT2D eigenvalue weighted by molar-refractivity contribution is 14.0. The first-order valence-electron chi connectivity index (χ1n) is 7.97. The van der Waals surface area contributed by atoms with E-state index in [9.17, 15) is 0 Å². The van der Waals surface area contributed by atoms with Crippen molar-refractivity contribution in [2.24, 2.45) is 4.99 Å². The summed E-state index contributed by atoms with van der Waals surface area (Å²) in [5, 5.41) is 7.02. The molecule has 0 radical (unpaired) electrons. The van der Waals surface area contributed by atoms with Gasteiger partial charge in [-0.15, -0.1) is 35.7 Å². The largest absolute Gasteiger partial charge is 0.490 e. The third kappa shape index (κ3) is 8.97. The van der Waals surface area contributed by atoms with E-state index in [1.165, 1.54) is 4.90 Å². The Morgan fingerprint density at radius 2 is 2.00 bits per heavy atom. The second kappa shape index (κ2) is 12.8. The molecule has 1 heterocycles. The van der Waals surface area contributed by atoms with E-state index in [1.54, 1.807) is 19.4 Å².